The van der Waals surface area contributed by atoms with Crippen molar-refractivity contribution >= 4 is 18.3 Å². The molecule has 0 aromatic rings. The van der Waals surface area contributed by atoms with E-state index < -0.39 is 0 Å². The maximum atomic E-state index is 11.3. The fraction of sp³-hybridized carbons (Fsp3) is 0.909. The molecule has 1 heterocycles. The lowest BCUT2D eigenvalue weighted by atomic mass is 10.2. The second-order valence-electron chi connectivity index (χ2n) is 4.46. The van der Waals surface area contributed by atoms with Crippen LogP contribution in [0.2, 0.25) is 0 Å². The number of carbonyl (C=O) groups excluding carboxylic acids is 1. The summed E-state index contributed by atoms with van der Waals surface area (Å²) in [7, 11) is 0. The summed E-state index contributed by atoms with van der Waals surface area (Å²) in [4.78, 5) is 11.3. The molecule has 1 aliphatic rings. The number of ether oxygens (including phenoxy) is 1. The zero-order valence-corrected chi connectivity index (χ0v) is 10.9. The van der Waals surface area contributed by atoms with Crippen molar-refractivity contribution in [2.45, 2.75) is 32.8 Å². The number of nitrogens with one attached hydrogen (secondary N) is 2. The Hall–Kier alpha value is -0.320. The fourth-order valence-electron chi connectivity index (χ4n) is 1.53. The molecule has 2 N–H and O–H groups in total. The molecule has 96 valence electrons. The maximum absolute atomic E-state index is 11.3. The maximum Gasteiger partial charge on any atom is 0.233 e. The minimum Gasteiger partial charge on any atom is -0.377 e. The van der Waals surface area contributed by atoms with Crippen molar-refractivity contribution in [3.05, 3.63) is 0 Å². The number of hydrogen-bond donors (Lipinski definition) is 2. The summed E-state index contributed by atoms with van der Waals surface area (Å²) in [5.41, 5.74) is 0. The van der Waals surface area contributed by atoms with Gasteiger partial charge in [0.15, 0.2) is 0 Å². The third kappa shape index (κ3) is 7.04. The highest BCUT2D eigenvalue weighted by Crippen LogP contribution is 2.10. The van der Waals surface area contributed by atoms with Gasteiger partial charge < -0.3 is 15.4 Å². The van der Waals surface area contributed by atoms with E-state index in [0.29, 0.717) is 18.6 Å². The van der Waals surface area contributed by atoms with E-state index in [9.17, 15) is 4.79 Å². The Kier molecular flexibility index (Phi) is 8.61. The number of halogens is 1. The summed E-state index contributed by atoms with van der Waals surface area (Å²) < 4.78 is 5.44. The van der Waals surface area contributed by atoms with Crippen molar-refractivity contribution in [2.75, 3.05) is 26.2 Å². The lowest BCUT2D eigenvalue weighted by molar-refractivity contribution is -0.120. The van der Waals surface area contributed by atoms with Gasteiger partial charge in [-0.05, 0) is 18.8 Å². The molecule has 1 amide bonds. The molecule has 1 atom stereocenters. The normalized spacial score (nSPS) is 19.6. The first kappa shape index (κ1) is 15.7. The van der Waals surface area contributed by atoms with Gasteiger partial charge in [0.05, 0.1) is 12.6 Å². The van der Waals surface area contributed by atoms with E-state index in [1.54, 1.807) is 0 Å². The highest BCUT2D eigenvalue weighted by molar-refractivity contribution is 5.85. The Bertz CT molecular complexity index is 194. The van der Waals surface area contributed by atoms with Gasteiger partial charge >= 0.3 is 0 Å². The third-order valence-electron chi connectivity index (χ3n) is 2.39. The topological polar surface area (TPSA) is 50.4 Å². The number of hydrogen-bond acceptors (Lipinski definition) is 3. The van der Waals surface area contributed by atoms with Crippen molar-refractivity contribution in [3.63, 3.8) is 0 Å². The first-order valence-corrected chi connectivity index (χ1v) is 5.77. The lowest BCUT2D eigenvalue weighted by Gasteiger charge is -2.11. The molecular weight excluding hydrogens is 228 g/mol. The van der Waals surface area contributed by atoms with E-state index in [-0.39, 0.29) is 18.3 Å². The molecule has 1 aliphatic heterocycles. The standard InChI is InChI=1S/C11H22N2O2.ClH/c1-9(2)6-13-11(14)8-12-7-10-4-3-5-15-10;/h9-10,12H,3-8H2,1-2H3,(H,13,14);1H. The van der Waals surface area contributed by atoms with Crippen LogP contribution < -0.4 is 10.6 Å². The van der Waals surface area contributed by atoms with Crippen molar-refractivity contribution in [1.82, 2.24) is 10.6 Å². The van der Waals surface area contributed by atoms with Crippen LogP contribution in [0.3, 0.4) is 0 Å². The predicted molar refractivity (Wildman–Crippen MR) is 66.9 cm³/mol. The molecule has 0 radical (unpaired) electrons. The molecule has 5 heteroatoms. The van der Waals surface area contributed by atoms with E-state index in [4.69, 9.17) is 4.74 Å². The molecule has 1 rings (SSSR count). The molecule has 0 bridgehead atoms. The second kappa shape index (κ2) is 8.79. The molecule has 16 heavy (non-hydrogen) atoms. The summed E-state index contributed by atoms with van der Waals surface area (Å²) in [5, 5.41) is 5.98. The van der Waals surface area contributed by atoms with E-state index in [0.717, 1.165) is 32.5 Å². The number of carbonyl (C=O) groups is 1. The van der Waals surface area contributed by atoms with Gasteiger partial charge in [0.25, 0.3) is 0 Å². The molecule has 0 spiro atoms. The van der Waals surface area contributed by atoms with Crippen LogP contribution in [0.15, 0.2) is 0 Å². The highest BCUT2D eigenvalue weighted by atomic mass is 35.5. The lowest BCUT2D eigenvalue weighted by Crippen LogP contribution is -2.38. The van der Waals surface area contributed by atoms with Crippen LogP contribution in [-0.2, 0) is 9.53 Å². The SMILES string of the molecule is CC(C)CNC(=O)CNCC1CCCO1.Cl. The van der Waals surface area contributed by atoms with Gasteiger partial charge in [-0.3, -0.25) is 4.79 Å². The molecule has 1 saturated heterocycles. The van der Waals surface area contributed by atoms with E-state index in [1.807, 2.05) is 0 Å². The molecule has 0 saturated carbocycles. The van der Waals surface area contributed by atoms with Gasteiger partial charge in [0.1, 0.15) is 0 Å². The first-order chi connectivity index (χ1) is 7.18. The second-order valence-corrected chi connectivity index (χ2v) is 4.46. The van der Waals surface area contributed by atoms with Crippen molar-refractivity contribution in [2.24, 2.45) is 5.92 Å². The minimum atomic E-state index is 0. The van der Waals surface area contributed by atoms with Crippen molar-refractivity contribution < 1.29 is 9.53 Å². The molecule has 0 aromatic carbocycles. The zero-order valence-electron chi connectivity index (χ0n) is 10.1. The molecule has 4 nitrogen and oxygen atoms in total. The van der Waals surface area contributed by atoms with Gasteiger partial charge in [0.2, 0.25) is 5.91 Å². The quantitative estimate of drug-likeness (QED) is 0.738. The average molecular weight is 251 g/mol. The number of rotatable bonds is 6. The molecule has 0 aromatic heterocycles. The fourth-order valence-corrected chi connectivity index (χ4v) is 1.53. The zero-order chi connectivity index (χ0) is 11.1. The largest absolute Gasteiger partial charge is 0.377 e. The van der Waals surface area contributed by atoms with Gasteiger partial charge in [0, 0.05) is 19.7 Å². The van der Waals surface area contributed by atoms with Crippen LogP contribution >= 0.6 is 12.4 Å². The predicted octanol–water partition coefficient (Wildman–Crippen LogP) is 0.949. The number of amides is 1. The molecule has 0 aliphatic carbocycles. The smallest absolute Gasteiger partial charge is 0.233 e. The molecule has 1 unspecified atom stereocenters. The van der Waals surface area contributed by atoms with Gasteiger partial charge in [-0.15, -0.1) is 12.4 Å². The summed E-state index contributed by atoms with van der Waals surface area (Å²) in [5.74, 6) is 0.578. The van der Waals surface area contributed by atoms with Crippen molar-refractivity contribution in [1.29, 1.82) is 0 Å². The summed E-state index contributed by atoms with van der Waals surface area (Å²) in [6, 6.07) is 0. The van der Waals surface area contributed by atoms with E-state index in [2.05, 4.69) is 24.5 Å². The van der Waals surface area contributed by atoms with Crippen LogP contribution in [0.5, 0.6) is 0 Å². The average Bonchev–Trinajstić information content (AvgIpc) is 2.67. The molecule has 1 fully saturated rings. The summed E-state index contributed by atoms with van der Waals surface area (Å²) >= 11 is 0. The van der Waals surface area contributed by atoms with Crippen LogP contribution in [0.1, 0.15) is 26.7 Å². The Morgan fingerprint density at radius 1 is 1.50 bits per heavy atom. The summed E-state index contributed by atoms with van der Waals surface area (Å²) in [6.07, 6.45) is 2.56. The van der Waals surface area contributed by atoms with E-state index in [1.165, 1.54) is 0 Å². The van der Waals surface area contributed by atoms with Gasteiger partial charge in [-0.2, -0.15) is 0 Å². The first-order valence-electron chi connectivity index (χ1n) is 5.77. The minimum absolute atomic E-state index is 0. The Labute approximate surface area is 104 Å². The van der Waals surface area contributed by atoms with E-state index >= 15 is 0 Å². The van der Waals surface area contributed by atoms with Crippen molar-refractivity contribution in [3.8, 4) is 0 Å². The van der Waals surface area contributed by atoms with Crippen LogP contribution in [-0.4, -0.2) is 38.3 Å². The third-order valence-corrected chi connectivity index (χ3v) is 2.39. The van der Waals surface area contributed by atoms with Gasteiger partial charge in [-0.1, -0.05) is 13.8 Å². The molecular formula is C11H23ClN2O2. The van der Waals surface area contributed by atoms with Crippen LogP contribution in [0.25, 0.3) is 0 Å². The van der Waals surface area contributed by atoms with Gasteiger partial charge in [-0.25, -0.2) is 0 Å². The van der Waals surface area contributed by atoms with Crippen LogP contribution in [0, 0.1) is 5.92 Å². The van der Waals surface area contributed by atoms with Crippen LogP contribution in [0.4, 0.5) is 0 Å². The highest BCUT2D eigenvalue weighted by Gasteiger charge is 2.14. The Morgan fingerprint density at radius 2 is 2.25 bits per heavy atom. The Morgan fingerprint density at radius 3 is 2.81 bits per heavy atom. The Balaban J connectivity index is 0.00000225. The summed E-state index contributed by atoms with van der Waals surface area (Å²) in [6.45, 7) is 6.97. The monoisotopic (exact) mass is 250 g/mol.